The third-order valence-electron chi connectivity index (χ3n) is 5.98. The second-order valence-corrected chi connectivity index (χ2v) is 8.34. The van der Waals surface area contributed by atoms with Crippen LogP contribution in [0, 0.1) is 0 Å². The minimum absolute atomic E-state index is 0.0248. The van der Waals surface area contributed by atoms with Gasteiger partial charge in [0.05, 0.1) is 6.54 Å². The lowest BCUT2D eigenvalue weighted by Gasteiger charge is -2.17. The van der Waals surface area contributed by atoms with Crippen molar-refractivity contribution in [3.63, 3.8) is 0 Å². The molecule has 7 heteroatoms. The van der Waals surface area contributed by atoms with Gasteiger partial charge in [-0.2, -0.15) is 0 Å². The lowest BCUT2D eigenvalue weighted by Crippen LogP contribution is -2.36. The van der Waals surface area contributed by atoms with E-state index in [2.05, 4.69) is 36.5 Å². The molecule has 0 unspecified atom stereocenters. The van der Waals surface area contributed by atoms with E-state index in [1.54, 1.807) is 12.1 Å². The molecule has 0 saturated carbocycles. The van der Waals surface area contributed by atoms with E-state index < -0.39 is 0 Å². The summed E-state index contributed by atoms with van der Waals surface area (Å²) in [6, 6.07) is 15.7. The standard InChI is InChI=1S/C26H33N3O4/c1-2-20-8-10-21(11-9-20)22-12-14-23(15-13-22)26(32)27-16-19-29(33)25(31)6-3-4-17-28-18-5-7-24(28)30/h8-15,33H,2-7,16-19H2,1H3,(H,27,32). The Bertz CT molecular complexity index is 941. The number of hydrogen-bond acceptors (Lipinski definition) is 4. The topological polar surface area (TPSA) is 90.0 Å². The summed E-state index contributed by atoms with van der Waals surface area (Å²) < 4.78 is 0. The van der Waals surface area contributed by atoms with Crippen molar-refractivity contribution < 1.29 is 19.6 Å². The van der Waals surface area contributed by atoms with E-state index >= 15 is 0 Å². The number of amides is 3. The van der Waals surface area contributed by atoms with E-state index in [9.17, 15) is 19.6 Å². The average molecular weight is 452 g/mol. The van der Waals surface area contributed by atoms with Crippen LogP contribution in [0.25, 0.3) is 11.1 Å². The van der Waals surface area contributed by atoms with Crippen molar-refractivity contribution in [1.29, 1.82) is 0 Å². The van der Waals surface area contributed by atoms with E-state index in [1.165, 1.54) is 5.56 Å². The van der Waals surface area contributed by atoms with Crippen LogP contribution in [-0.2, 0) is 16.0 Å². The normalized spacial score (nSPS) is 13.3. The molecule has 1 heterocycles. The fraction of sp³-hybridized carbons (Fsp3) is 0.423. The van der Waals surface area contributed by atoms with Gasteiger partial charge in [-0.25, -0.2) is 5.06 Å². The van der Waals surface area contributed by atoms with E-state index in [1.807, 2.05) is 17.0 Å². The summed E-state index contributed by atoms with van der Waals surface area (Å²) in [7, 11) is 0. The van der Waals surface area contributed by atoms with Crippen LogP contribution >= 0.6 is 0 Å². The number of nitrogens with one attached hydrogen (secondary N) is 1. The van der Waals surface area contributed by atoms with Crippen LogP contribution in [-0.4, -0.2) is 59.1 Å². The summed E-state index contributed by atoms with van der Waals surface area (Å²) in [5.74, 6) is -0.449. The zero-order valence-electron chi connectivity index (χ0n) is 19.3. The first kappa shape index (κ1) is 24.5. The number of nitrogens with zero attached hydrogens (tertiary/aromatic N) is 2. The van der Waals surface area contributed by atoms with Gasteiger partial charge in [0.15, 0.2) is 0 Å². The molecule has 0 aliphatic carbocycles. The second-order valence-electron chi connectivity index (χ2n) is 8.34. The molecule has 1 aliphatic heterocycles. The number of hydroxylamine groups is 2. The molecule has 7 nitrogen and oxygen atoms in total. The monoisotopic (exact) mass is 451 g/mol. The summed E-state index contributed by atoms with van der Waals surface area (Å²) in [4.78, 5) is 37.8. The van der Waals surface area contributed by atoms with Gasteiger partial charge >= 0.3 is 0 Å². The maximum Gasteiger partial charge on any atom is 0.251 e. The molecule has 0 spiro atoms. The highest BCUT2D eigenvalue weighted by molar-refractivity contribution is 5.94. The molecule has 2 aromatic carbocycles. The number of carbonyl (C=O) groups is 3. The second kappa shape index (κ2) is 12.2. The highest BCUT2D eigenvalue weighted by atomic mass is 16.5. The van der Waals surface area contributed by atoms with Crippen LogP contribution in [0.2, 0.25) is 0 Å². The molecular weight excluding hydrogens is 418 g/mol. The van der Waals surface area contributed by atoms with Crippen molar-refractivity contribution in [3.05, 3.63) is 59.7 Å². The van der Waals surface area contributed by atoms with Gasteiger partial charge in [-0.15, -0.1) is 0 Å². The average Bonchev–Trinajstić information content (AvgIpc) is 3.26. The third kappa shape index (κ3) is 7.15. The Labute approximate surface area is 195 Å². The predicted octanol–water partition coefficient (Wildman–Crippen LogP) is 3.66. The van der Waals surface area contributed by atoms with Gasteiger partial charge in [0.25, 0.3) is 5.91 Å². The van der Waals surface area contributed by atoms with Crippen LogP contribution in [0.1, 0.15) is 54.9 Å². The maximum absolute atomic E-state index is 12.4. The van der Waals surface area contributed by atoms with Gasteiger partial charge < -0.3 is 10.2 Å². The predicted molar refractivity (Wildman–Crippen MR) is 127 cm³/mol. The Morgan fingerprint density at radius 1 is 1.03 bits per heavy atom. The van der Waals surface area contributed by atoms with Gasteiger partial charge in [0.2, 0.25) is 11.8 Å². The van der Waals surface area contributed by atoms with Crippen molar-refractivity contribution in [2.75, 3.05) is 26.2 Å². The molecule has 3 rings (SSSR count). The molecule has 2 N–H and O–H groups in total. The number of aryl methyl sites for hydroxylation is 1. The molecule has 2 aromatic rings. The number of carbonyl (C=O) groups excluding carboxylic acids is 3. The largest absolute Gasteiger partial charge is 0.350 e. The van der Waals surface area contributed by atoms with Gasteiger partial charge in [-0.05, 0) is 54.5 Å². The molecule has 176 valence electrons. The number of benzene rings is 2. The number of likely N-dealkylation sites (tertiary alicyclic amines) is 1. The Kier molecular flexibility index (Phi) is 9.01. The van der Waals surface area contributed by atoms with Gasteiger partial charge in [-0.3, -0.25) is 19.6 Å². The minimum Gasteiger partial charge on any atom is -0.350 e. The third-order valence-corrected chi connectivity index (χ3v) is 5.98. The molecular formula is C26H33N3O4. The van der Waals surface area contributed by atoms with E-state index in [0.717, 1.165) is 36.9 Å². The molecule has 0 bridgehead atoms. The SMILES string of the molecule is CCc1ccc(-c2ccc(C(=O)NCCN(O)C(=O)CCCCN3CCCC3=O)cc2)cc1. The van der Waals surface area contributed by atoms with E-state index in [4.69, 9.17) is 0 Å². The van der Waals surface area contributed by atoms with E-state index in [0.29, 0.717) is 30.0 Å². The van der Waals surface area contributed by atoms with E-state index in [-0.39, 0.29) is 37.2 Å². The Morgan fingerprint density at radius 2 is 1.70 bits per heavy atom. The van der Waals surface area contributed by atoms with Crippen molar-refractivity contribution in [1.82, 2.24) is 15.3 Å². The lowest BCUT2D eigenvalue weighted by molar-refractivity contribution is -0.165. The van der Waals surface area contributed by atoms with Crippen LogP contribution < -0.4 is 5.32 Å². The Hall–Kier alpha value is -3.19. The molecule has 0 aromatic heterocycles. The van der Waals surface area contributed by atoms with Gasteiger partial charge in [0, 0.05) is 38.0 Å². The molecule has 33 heavy (non-hydrogen) atoms. The van der Waals surface area contributed by atoms with Crippen LogP contribution in [0.3, 0.4) is 0 Å². The van der Waals surface area contributed by atoms with Gasteiger partial charge in [0.1, 0.15) is 0 Å². The Morgan fingerprint density at radius 3 is 2.30 bits per heavy atom. The quantitative estimate of drug-likeness (QED) is 0.310. The molecule has 3 amide bonds. The van der Waals surface area contributed by atoms with Crippen molar-refractivity contribution in [2.45, 2.75) is 45.4 Å². The van der Waals surface area contributed by atoms with Crippen molar-refractivity contribution in [3.8, 4) is 11.1 Å². The molecule has 1 saturated heterocycles. The summed E-state index contributed by atoms with van der Waals surface area (Å²) in [5, 5.41) is 13.3. The fourth-order valence-corrected chi connectivity index (χ4v) is 3.90. The van der Waals surface area contributed by atoms with Crippen LogP contribution in [0.5, 0.6) is 0 Å². The molecule has 1 aliphatic rings. The molecule has 0 atom stereocenters. The summed E-state index contributed by atoms with van der Waals surface area (Å²) in [5.41, 5.74) is 3.94. The lowest BCUT2D eigenvalue weighted by atomic mass is 10.0. The summed E-state index contributed by atoms with van der Waals surface area (Å²) in [6.07, 6.45) is 4.08. The highest BCUT2D eigenvalue weighted by Gasteiger charge is 2.19. The maximum atomic E-state index is 12.4. The number of hydrogen-bond donors (Lipinski definition) is 2. The van der Waals surface area contributed by atoms with Crippen LogP contribution in [0.15, 0.2) is 48.5 Å². The smallest absolute Gasteiger partial charge is 0.251 e. The minimum atomic E-state index is -0.379. The summed E-state index contributed by atoms with van der Waals surface area (Å²) in [6.45, 7) is 3.76. The number of unbranched alkanes of at least 4 members (excludes halogenated alkanes) is 1. The van der Waals surface area contributed by atoms with Crippen LogP contribution in [0.4, 0.5) is 0 Å². The van der Waals surface area contributed by atoms with Crippen molar-refractivity contribution in [2.24, 2.45) is 0 Å². The zero-order chi connectivity index (χ0) is 23.6. The highest BCUT2D eigenvalue weighted by Crippen LogP contribution is 2.20. The Balaban J connectivity index is 1.35. The summed E-state index contributed by atoms with van der Waals surface area (Å²) >= 11 is 0. The van der Waals surface area contributed by atoms with Gasteiger partial charge in [-0.1, -0.05) is 43.3 Å². The first-order valence-corrected chi connectivity index (χ1v) is 11.7. The first-order valence-electron chi connectivity index (χ1n) is 11.7. The molecule has 1 fully saturated rings. The molecule has 0 radical (unpaired) electrons. The fourth-order valence-electron chi connectivity index (χ4n) is 3.90. The number of rotatable bonds is 11. The first-order chi connectivity index (χ1) is 16.0. The van der Waals surface area contributed by atoms with Crippen molar-refractivity contribution >= 4 is 17.7 Å². The zero-order valence-corrected chi connectivity index (χ0v) is 19.3.